The molecule has 2 saturated heterocycles. The molecule has 0 spiro atoms. The Morgan fingerprint density at radius 3 is 2.38 bits per heavy atom. The minimum absolute atomic E-state index is 0.0793. The van der Waals surface area contributed by atoms with E-state index in [9.17, 15) is 9.59 Å². The molecular formula is C23H28N4O2. The number of nitrogens with one attached hydrogen (secondary N) is 2. The third kappa shape index (κ3) is 4.82. The molecule has 2 fully saturated rings. The molecule has 2 aliphatic rings. The number of amides is 2. The van der Waals surface area contributed by atoms with E-state index in [-0.39, 0.29) is 11.8 Å². The van der Waals surface area contributed by atoms with Crippen molar-refractivity contribution in [3.8, 4) is 0 Å². The molecule has 4 rings (SSSR count). The van der Waals surface area contributed by atoms with E-state index in [1.807, 2.05) is 24.3 Å². The number of anilines is 1. The van der Waals surface area contributed by atoms with Gasteiger partial charge in [-0.05, 0) is 61.4 Å². The number of nitrogens with zero attached hydrogens (tertiary/aromatic N) is 2. The maximum Gasteiger partial charge on any atom is 0.258 e. The summed E-state index contributed by atoms with van der Waals surface area (Å²) in [6.45, 7) is 0.513. The summed E-state index contributed by atoms with van der Waals surface area (Å²) in [5.41, 5.74) is 2.44. The molecule has 2 unspecified atom stereocenters. The number of hydrogen-bond donors (Lipinski definition) is 2. The second-order valence-electron chi connectivity index (χ2n) is 8.22. The molecular weight excluding hydrogens is 364 g/mol. The van der Waals surface area contributed by atoms with E-state index in [0.29, 0.717) is 36.5 Å². The summed E-state index contributed by atoms with van der Waals surface area (Å²) in [7, 11) is 1.76. The number of aromatic nitrogens is 1. The van der Waals surface area contributed by atoms with Crippen molar-refractivity contribution in [1.29, 1.82) is 0 Å². The first kappa shape index (κ1) is 19.6. The molecule has 2 amide bonds. The van der Waals surface area contributed by atoms with Gasteiger partial charge in [0.25, 0.3) is 5.91 Å². The highest BCUT2D eigenvalue weighted by atomic mass is 16.2. The highest BCUT2D eigenvalue weighted by Crippen LogP contribution is 2.32. The Bertz CT molecular complexity index is 841. The molecule has 3 heterocycles. The molecule has 2 aliphatic heterocycles. The van der Waals surface area contributed by atoms with Crippen LogP contribution in [0.1, 0.15) is 48.0 Å². The molecule has 0 aliphatic carbocycles. The normalized spacial score (nSPS) is 22.9. The first-order valence-electron chi connectivity index (χ1n) is 10.4. The van der Waals surface area contributed by atoms with E-state index in [2.05, 4.69) is 15.6 Å². The lowest BCUT2D eigenvalue weighted by molar-refractivity contribution is -0.122. The lowest BCUT2D eigenvalue weighted by Gasteiger charge is -2.28. The van der Waals surface area contributed by atoms with Crippen molar-refractivity contribution >= 4 is 17.5 Å². The van der Waals surface area contributed by atoms with Crippen molar-refractivity contribution < 1.29 is 9.59 Å². The Labute approximate surface area is 171 Å². The molecule has 1 aromatic carbocycles. The monoisotopic (exact) mass is 392 g/mol. The first-order valence-corrected chi connectivity index (χ1v) is 10.4. The second-order valence-corrected chi connectivity index (χ2v) is 8.22. The van der Waals surface area contributed by atoms with E-state index in [1.54, 1.807) is 36.5 Å². The molecule has 6 nitrogen and oxygen atoms in total. The van der Waals surface area contributed by atoms with E-state index < -0.39 is 0 Å². The van der Waals surface area contributed by atoms with E-state index in [0.717, 1.165) is 24.1 Å². The number of hydrogen-bond acceptors (Lipinski definition) is 4. The van der Waals surface area contributed by atoms with Gasteiger partial charge in [0.05, 0.1) is 0 Å². The van der Waals surface area contributed by atoms with Gasteiger partial charge in [-0.3, -0.25) is 14.6 Å². The zero-order chi connectivity index (χ0) is 20.2. The van der Waals surface area contributed by atoms with E-state index >= 15 is 0 Å². The molecule has 29 heavy (non-hydrogen) atoms. The third-order valence-electron chi connectivity index (χ3n) is 6.09. The number of pyridine rings is 1. The van der Waals surface area contributed by atoms with Crippen molar-refractivity contribution in [3.63, 3.8) is 0 Å². The van der Waals surface area contributed by atoms with Crippen LogP contribution < -0.4 is 15.5 Å². The van der Waals surface area contributed by atoms with Crippen molar-refractivity contribution in [2.45, 2.75) is 50.7 Å². The van der Waals surface area contributed by atoms with E-state index in [4.69, 9.17) is 0 Å². The number of fused-ring (bicyclic) bond motifs is 2. The number of carbonyl (C=O) groups excluding carboxylic acids is 2. The quantitative estimate of drug-likeness (QED) is 0.793. The van der Waals surface area contributed by atoms with Crippen molar-refractivity contribution in [2.75, 3.05) is 11.9 Å². The Balaban J connectivity index is 1.27. The number of carbonyl (C=O) groups is 2. The summed E-state index contributed by atoms with van der Waals surface area (Å²) in [4.78, 5) is 30.4. The maximum absolute atomic E-state index is 12.5. The van der Waals surface area contributed by atoms with Gasteiger partial charge in [-0.25, -0.2) is 0 Å². The molecule has 2 aromatic rings. The summed E-state index contributed by atoms with van der Waals surface area (Å²) in [6.07, 6.45) is 8.60. The SMILES string of the molecule is CN(C(=O)c1ccncc1)c1ccc(CNC(=O)CC2CC3CCC(C2)N3)cc1. The van der Waals surface area contributed by atoms with Gasteiger partial charge < -0.3 is 15.5 Å². The fraction of sp³-hybridized carbons (Fsp3) is 0.435. The lowest BCUT2D eigenvalue weighted by Crippen LogP contribution is -2.39. The van der Waals surface area contributed by atoms with Gasteiger partial charge >= 0.3 is 0 Å². The minimum Gasteiger partial charge on any atom is -0.352 e. The fourth-order valence-electron chi connectivity index (χ4n) is 4.52. The van der Waals surface area contributed by atoms with Crippen LogP contribution in [0.25, 0.3) is 0 Å². The van der Waals surface area contributed by atoms with Crippen LogP contribution in [0.3, 0.4) is 0 Å². The molecule has 6 heteroatoms. The smallest absolute Gasteiger partial charge is 0.258 e. The summed E-state index contributed by atoms with van der Waals surface area (Å²) in [5.74, 6) is 0.554. The molecule has 2 bridgehead atoms. The summed E-state index contributed by atoms with van der Waals surface area (Å²) >= 11 is 0. The molecule has 152 valence electrons. The molecule has 0 radical (unpaired) electrons. The van der Waals surface area contributed by atoms with Crippen LogP contribution in [0.4, 0.5) is 5.69 Å². The van der Waals surface area contributed by atoms with Gasteiger partial charge in [-0.1, -0.05) is 12.1 Å². The van der Waals surface area contributed by atoms with Crippen LogP contribution in [0, 0.1) is 5.92 Å². The van der Waals surface area contributed by atoms with Crippen LogP contribution in [0.5, 0.6) is 0 Å². The predicted octanol–water partition coefficient (Wildman–Crippen LogP) is 2.90. The summed E-state index contributed by atoms with van der Waals surface area (Å²) < 4.78 is 0. The number of piperidine rings is 1. The molecule has 1 aromatic heterocycles. The average Bonchev–Trinajstić information content (AvgIpc) is 3.10. The zero-order valence-corrected chi connectivity index (χ0v) is 16.8. The van der Waals surface area contributed by atoms with Crippen LogP contribution in [0.2, 0.25) is 0 Å². The topological polar surface area (TPSA) is 74.3 Å². The summed E-state index contributed by atoms with van der Waals surface area (Å²) in [5, 5.41) is 6.67. The average molecular weight is 393 g/mol. The predicted molar refractivity (Wildman–Crippen MR) is 113 cm³/mol. The molecule has 0 saturated carbocycles. The Morgan fingerprint density at radius 1 is 1.07 bits per heavy atom. The minimum atomic E-state index is -0.0793. The largest absolute Gasteiger partial charge is 0.352 e. The van der Waals surface area contributed by atoms with Crippen LogP contribution in [-0.4, -0.2) is 35.9 Å². The highest BCUT2D eigenvalue weighted by Gasteiger charge is 2.34. The van der Waals surface area contributed by atoms with E-state index in [1.165, 1.54) is 12.8 Å². The fourth-order valence-corrected chi connectivity index (χ4v) is 4.52. The van der Waals surface area contributed by atoms with Gasteiger partial charge in [0.1, 0.15) is 0 Å². The lowest BCUT2D eigenvalue weighted by atomic mass is 9.89. The Morgan fingerprint density at radius 2 is 1.72 bits per heavy atom. The van der Waals surface area contributed by atoms with Crippen LogP contribution >= 0.6 is 0 Å². The van der Waals surface area contributed by atoms with Crippen molar-refractivity contribution in [3.05, 3.63) is 59.9 Å². The maximum atomic E-state index is 12.5. The number of benzene rings is 1. The van der Waals surface area contributed by atoms with Gasteiger partial charge in [0, 0.05) is 55.7 Å². The van der Waals surface area contributed by atoms with Crippen molar-refractivity contribution in [2.24, 2.45) is 5.92 Å². The van der Waals surface area contributed by atoms with Gasteiger partial charge in [-0.2, -0.15) is 0 Å². The number of rotatable bonds is 6. The standard InChI is InChI=1S/C23H28N4O2/c1-27(23(29)18-8-10-24-11-9-18)21-6-2-16(3-7-21)15-25-22(28)14-17-12-19-4-5-20(13-17)26-19/h2-3,6-11,17,19-20,26H,4-5,12-15H2,1H3,(H,25,28). The van der Waals surface area contributed by atoms with Crippen LogP contribution in [-0.2, 0) is 11.3 Å². The molecule has 2 atom stereocenters. The Kier molecular flexibility index (Phi) is 5.90. The van der Waals surface area contributed by atoms with Gasteiger partial charge in [-0.15, -0.1) is 0 Å². The van der Waals surface area contributed by atoms with Gasteiger partial charge in [0.15, 0.2) is 0 Å². The van der Waals surface area contributed by atoms with Crippen molar-refractivity contribution in [1.82, 2.24) is 15.6 Å². The first-order chi connectivity index (χ1) is 14.1. The summed E-state index contributed by atoms with van der Waals surface area (Å²) in [6, 6.07) is 12.4. The van der Waals surface area contributed by atoms with Gasteiger partial charge in [0.2, 0.25) is 5.91 Å². The zero-order valence-electron chi connectivity index (χ0n) is 16.8. The van der Waals surface area contributed by atoms with Crippen LogP contribution in [0.15, 0.2) is 48.8 Å². The highest BCUT2D eigenvalue weighted by molar-refractivity contribution is 6.05. The molecule has 2 N–H and O–H groups in total. The second kappa shape index (κ2) is 8.74. The third-order valence-corrected chi connectivity index (χ3v) is 6.09. The Hall–Kier alpha value is -2.73.